The van der Waals surface area contributed by atoms with Gasteiger partial charge in [0.25, 0.3) is 0 Å². The Labute approximate surface area is 100 Å². The zero-order chi connectivity index (χ0) is 12.5. The molecule has 0 aliphatic heterocycles. The second-order valence-corrected chi connectivity index (χ2v) is 4.50. The molecule has 1 aromatic carbocycles. The van der Waals surface area contributed by atoms with E-state index in [-0.39, 0.29) is 5.60 Å². The number of carbonyl (C=O) groups excluding carboxylic acids is 1. The van der Waals surface area contributed by atoms with Gasteiger partial charge in [0.05, 0.1) is 5.60 Å². The van der Waals surface area contributed by atoms with Crippen LogP contribution in [0, 0.1) is 0 Å². The van der Waals surface area contributed by atoms with Crippen molar-refractivity contribution in [1.29, 1.82) is 0 Å². The molecular formula is C14H15NO2. The van der Waals surface area contributed by atoms with Crippen LogP contribution < -0.4 is 0 Å². The molecule has 0 spiro atoms. The van der Waals surface area contributed by atoms with Crippen LogP contribution in [0.25, 0.3) is 10.8 Å². The Morgan fingerprint density at radius 1 is 1.24 bits per heavy atom. The largest absolute Gasteiger partial charge is 0.374 e. The van der Waals surface area contributed by atoms with Gasteiger partial charge < -0.3 is 4.74 Å². The second-order valence-electron chi connectivity index (χ2n) is 4.50. The van der Waals surface area contributed by atoms with Crippen LogP contribution in [0.15, 0.2) is 30.5 Å². The van der Waals surface area contributed by atoms with E-state index in [0.717, 1.165) is 22.6 Å². The third-order valence-corrected chi connectivity index (χ3v) is 3.07. The van der Waals surface area contributed by atoms with E-state index in [4.69, 9.17) is 4.74 Å². The van der Waals surface area contributed by atoms with Gasteiger partial charge in [0.2, 0.25) is 0 Å². The van der Waals surface area contributed by atoms with Crippen molar-refractivity contribution in [1.82, 2.24) is 4.98 Å². The Kier molecular flexibility index (Phi) is 2.94. The number of nitrogens with zero attached hydrogens (tertiary/aromatic N) is 1. The van der Waals surface area contributed by atoms with Crippen LogP contribution in [0.5, 0.6) is 0 Å². The van der Waals surface area contributed by atoms with Crippen LogP contribution in [0.2, 0.25) is 0 Å². The molecule has 1 aromatic heterocycles. The number of aldehydes is 1. The molecule has 2 rings (SSSR count). The van der Waals surface area contributed by atoms with Crippen molar-refractivity contribution in [3.05, 3.63) is 41.7 Å². The highest BCUT2D eigenvalue weighted by molar-refractivity contribution is 5.87. The lowest BCUT2D eigenvalue weighted by Gasteiger charge is -2.23. The number of benzene rings is 1. The molecule has 0 aliphatic carbocycles. The molecule has 0 unspecified atom stereocenters. The molecule has 88 valence electrons. The maximum absolute atomic E-state index is 10.6. The molecule has 0 amide bonds. The molecule has 0 fully saturated rings. The third-order valence-electron chi connectivity index (χ3n) is 3.07. The predicted octanol–water partition coefficient (Wildman–Crippen LogP) is 2.93. The van der Waals surface area contributed by atoms with E-state index in [1.165, 1.54) is 0 Å². The normalized spacial score (nSPS) is 11.7. The molecule has 17 heavy (non-hydrogen) atoms. The van der Waals surface area contributed by atoms with Crippen molar-refractivity contribution in [3.8, 4) is 0 Å². The zero-order valence-corrected chi connectivity index (χ0v) is 10.2. The van der Waals surface area contributed by atoms with Gasteiger partial charge in [-0.2, -0.15) is 0 Å². The second kappa shape index (κ2) is 4.26. The van der Waals surface area contributed by atoms with Gasteiger partial charge in [-0.25, -0.2) is 0 Å². The molecule has 2 aromatic rings. The van der Waals surface area contributed by atoms with Gasteiger partial charge in [-0.1, -0.05) is 12.1 Å². The summed E-state index contributed by atoms with van der Waals surface area (Å²) >= 11 is 0. The van der Waals surface area contributed by atoms with Gasteiger partial charge >= 0.3 is 0 Å². The highest BCUT2D eigenvalue weighted by Crippen LogP contribution is 2.26. The molecule has 0 aliphatic rings. The average molecular weight is 229 g/mol. The number of pyridine rings is 1. The summed E-state index contributed by atoms with van der Waals surface area (Å²) in [6, 6.07) is 7.83. The van der Waals surface area contributed by atoms with Gasteiger partial charge in [-0.05, 0) is 36.9 Å². The van der Waals surface area contributed by atoms with E-state index in [1.54, 1.807) is 19.4 Å². The number of ether oxygens (including phenoxy) is 1. The van der Waals surface area contributed by atoms with Crippen molar-refractivity contribution >= 4 is 17.1 Å². The first-order valence-electron chi connectivity index (χ1n) is 5.47. The molecule has 3 heteroatoms. The van der Waals surface area contributed by atoms with Crippen molar-refractivity contribution < 1.29 is 9.53 Å². The molecule has 0 atom stereocenters. The highest BCUT2D eigenvalue weighted by Gasteiger charge is 2.19. The number of fused-ring (bicyclic) bond motifs is 1. The third kappa shape index (κ3) is 2.19. The minimum Gasteiger partial charge on any atom is -0.374 e. The SMILES string of the molecule is COC(C)(C)c1ccc2cc(C=O)ncc2c1. The van der Waals surface area contributed by atoms with Gasteiger partial charge in [-0.15, -0.1) is 0 Å². The van der Waals surface area contributed by atoms with Crippen molar-refractivity contribution in [2.24, 2.45) is 0 Å². The van der Waals surface area contributed by atoms with E-state index in [9.17, 15) is 4.79 Å². The summed E-state index contributed by atoms with van der Waals surface area (Å²) in [5.41, 5.74) is 1.22. The molecule has 0 radical (unpaired) electrons. The summed E-state index contributed by atoms with van der Waals surface area (Å²) in [6.45, 7) is 4.03. The summed E-state index contributed by atoms with van der Waals surface area (Å²) < 4.78 is 5.44. The molecule has 3 nitrogen and oxygen atoms in total. The Bertz CT molecular complexity index is 561. The van der Waals surface area contributed by atoms with Crippen LogP contribution in [-0.4, -0.2) is 18.4 Å². The molecule has 0 bridgehead atoms. The molecular weight excluding hydrogens is 214 g/mol. The molecule has 0 N–H and O–H groups in total. The number of hydrogen-bond donors (Lipinski definition) is 0. The van der Waals surface area contributed by atoms with E-state index in [1.807, 2.05) is 32.0 Å². The average Bonchev–Trinajstić information content (AvgIpc) is 2.37. The Morgan fingerprint density at radius 3 is 2.65 bits per heavy atom. The Hall–Kier alpha value is -1.74. The van der Waals surface area contributed by atoms with Gasteiger partial charge in [0, 0.05) is 18.7 Å². The zero-order valence-electron chi connectivity index (χ0n) is 10.2. The smallest absolute Gasteiger partial charge is 0.168 e. The lowest BCUT2D eigenvalue weighted by atomic mass is 9.96. The molecule has 0 saturated carbocycles. The van der Waals surface area contributed by atoms with Gasteiger partial charge in [0.1, 0.15) is 5.69 Å². The summed E-state index contributed by atoms with van der Waals surface area (Å²) in [6.07, 6.45) is 2.47. The number of aromatic nitrogens is 1. The topological polar surface area (TPSA) is 39.2 Å². The quantitative estimate of drug-likeness (QED) is 0.759. The maximum Gasteiger partial charge on any atom is 0.168 e. The maximum atomic E-state index is 10.6. The van der Waals surface area contributed by atoms with Crippen LogP contribution >= 0.6 is 0 Å². The number of carbonyl (C=O) groups is 1. The molecule has 0 saturated heterocycles. The van der Waals surface area contributed by atoms with Crippen molar-refractivity contribution in [3.63, 3.8) is 0 Å². The standard InChI is InChI=1S/C14H15NO2/c1-14(2,17-3)12-5-4-10-7-13(9-16)15-8-11(10)6-12/h4-9H,1-3H3. The van der Waals surface area contributed by atoms with E-state index < -0.39 is 0 Å². The number of rotatable bonds is 3. The number of methoxy groups -OCH3 is 1. The Morgan fingerprint density at radius 2 is 2.00 bits per heavy atom. The minimum absolute atomic E-state index is 0.322. The molecule has 1 heterocycles. The predicted molar refractivity (Wildman–Crippen MR) is 67.2 cm³/mol. The fourth-order valence-corrected chi connectivity index (χ4v) is 1.72. The number of hydrogen-bond acceptors (Lipinski definition) is 3. The van der Waals surface area contributed by atoms with Gasteiger partial charge in [0.15, 0.2) is 6.29 Å². The first kappa shape index (κ1) is 11.7. The van der Waals surface area contributed by atoms with E-state index in [0.29, 0.717) is 5.69 Å². The fourth-order valence-electron chi connectivity index (χ4n) is 1.72. The fraction of sp³-hybridized carbons (Fsp3) is 0.286. The van der Waals surface area contributed by atoms with Crippen LogP contribution in [-0.2, 0) is 10.3 Å². The van der Waals surface area contributed by atoms with E-state index >= 15 is 0 Å². The van der Waals surface area contributed by atoms with Crippen LogP contribution in [0.1, 0.15) is 29.9 Å². The monoisotopic (exact) mass is 229 g/mol. The summed E-state index contributed by atoms with van der Waals surface area (Å²) in [5, 5.41) is 2.02. The summed E-state index contributed by atoms with van der Waals surface area (Å²) in [7, 11) is 1.69. The van der Waals surface area contributed by atoms with Crippen LogP contribution in [0.3, 0.4) is 0 Å². The van der Waals surface area contributed by atoms with Gasteiger partial charge in [-0.3, -0.25) is 9.78 Å². The van der Waals surface area contributed by atoms with E-state index in [2.05, 4.69) is 4.98 Å². The first-order valence-corrected chi connectivity index (χ1v) is 5.47. The van der Waals surface area contributed by atoms with Crippen LogP contribution in [0.4, 0.5) is 0 Å². The van der Waals surface area contributed by atoms with Crippen molar-refractivity contribution in [2.45, 2.75) is 19.4 Å². The minimum atomic E-state index is -0.322. The lowest BCUT2D eigenvalue weighted by Crippen LogP contribution is -2.19. The summed E-state index contributed by atoms with van der Waals surface area (Å²) in [4.78, 5) is 14.7. The summed E-state index contributed by atoms with van der Waals surface area (Å²) in [5.74, 6) is 0. The Balaban J connectivity index is 2.55. The lowest BCUT2D eigenvalue weighted by molar-refractivity contribution is 0.0193. The van der Waals surface area contributed by atoms with Crippen molar-refractivity contribution in [2.75, 3.05) is 7.11 Å². The highest BCUT2D eigenvalue weighted by atomic mass is 16.5. The first-order chi connectivity index (χ1) is 8.06.